The van der Waals surface area contributed by atoms with Crippen LogP contribution in [0.4, 0.5) is 5.69 Å². The standard InChI is InChI=1S/C12H14N2O/c1-8(2)10-5-11(14-7-15)12(13-6-10)9-3-4-9/h5-6,8-9H,3-4H2,1-2H3. The quantitative estimate of drug-likeness (QED) is 0.558. The Balaban J connectivity index is 2.43. The number of aromatic nitrogens is 1. The first-order valence-electron chi connectivity index (χ1n) is 5.30. The SMILES string of the molecule is CC(C)c1cnc(C2CC2)c(N=C=O)c1. The minimum atomic E-state index is 0.409. The molecule has 3 heteroatoms. The summed E-state index contributed by atoms with van der Waals surface area (Å²) in [4.78, 5) is 18.5. The van der Waals surface area contributed by atoms with Gasteiger partial charge < -0.3 is 0 Å². The van der Waals surface area contributed by atoms with Gasteiger partial charge in [-0.1, -0.05) is 13.8 Å². The van der Waals surface area contributed by atoms with Crippen molar-refractivity contribution in [3.05, 3.63) is 23.5 Å². The van der Waals surface area contributed by atoms with Gasteiger partial charge in [0.25, 0.3) is 0 Å². The highest BCUT2D eigenvalue weighted by Crippen LogP contribution is 2.43. The number of rotatable bonds is 3. The van der Waals surface area contributed by atoms with Crippen molar-refractivity contribution in [2.24, 2.45) is 4.99 Å². The van der Waals surface area contributed by atoms with Crippen LogP contribution in [-0.2, 0) is 4.79 Å². The van der Waals surface area contributed by atoms with E-state index in [9.17, 15) is 4.79 Å². The first-order valence-corrected chi connectivity index (χ1v) is 5.30. The van der Waals surface area contributed by atoms with Crippen LogP contribution in [0, 0.1) is 0 Å². The van der Waals surface area contributed by atoms with Gasteiger partial charge >= 0.3 is 0 Å². The second kappa shape index (κ2) is 3.95. The fourth-order valence-corrected chi connectivity index (χ4v) is 1.61. The highest BCUT2D eigenvalue weighted by atomic mass is 16.1. The molecular weight excluding hydrogens is 188 g/mol. The molecule has 0 atom stereocenters. The fraction of sp³-hybridized carbons (Fsp3) is 0.500. The molecule has 1 saturated carbocycles. The van der Waals surface area contributed by atoms with E-state index in [0.717, 1.165) is 24.1 Å². The van der Waals surface area contributed by atoms with Crippen LogP contribution in [0.15, 0.2) is 17.3 Å². The molecule has 1 aromatic rings. The van der Waals surface area contributed by atoms with Gasteiger partial charge in [-0.3, -0.25) is 4.98 Å². The Bertz CT molecular complexity index is 416. The van der Waals surface area contributed by atoms with Gasteiger partial charge in [-0.05, 0) is 30.4 Å². The maximum Gasteiger partial charge on any atom is 0.240 e. The van der Waals surface area contributed by atoms with Crippen LogP contribution >= 0.6 is 0 Å². The third-order valence-corrected chi connectivity index (χ3v) is 2.72. The Morgan fingerprint density at radius 1 is 1.53 bits per heavy atom. The van der Waals surface area contributed by atoms with Crippen LogP contribution in [0.3, 0.4) is 0 Å². The number of carbonyl (C=O) groups excluding carboxylic acids is 1. The Kier molecular flexibility index (Phi) is 2.65. The molecule has 0 bridgehead atoms. The van der Waals surface area contributed by atoms with E-state index in [2.05, 4.69) is 23.8 Å². The number of hydrogen-bond acceptors (Lipinski definition) is 3. The molecule has 0 unspecified atom stereocenters. The fourth-order valence-electron chi connectivity index (χ4n) is 1.61. The largest absolute Gasteiger partial charge is 0.258 e. The summed E-state index contributed by atoms with van der Waals surface area (Å²) < 4.78 is 0. The van der Waals surface area contributed by atoms with Crippen molar-refractivity contribution in [1.82, 2.24) is 4.98 Å². The molecule has 1 fully saturated rings. The Morgan fingerprint density at radius 3 is 2.80 bits per heavy atom. The van der Waals surface area contributed by atoms with Crippen molar-refractivity contribution in [2.45, 2.75) is 38.5 Å². The van der Waals surface area contributed by atoms with Crippen molar-refractivity contribution < 1.29 is 4.79 Å². The molecule has 15 heavy (non-hydrogen) atoms. The normalized spacial score (nSPS) is 15.1. The van der Waals surface area contributed by atoms with Crippen LogP contribution in [0.25, 0.3) is 0 Å². The molecule has 2 rings (SSSR count). The minimum Gasteiger partial charge on any atom is -0.258 e. The maximum atomic E-state index is 10.3. The molecule has 0 spiro atoms. The zero-order valence-electron chi connectivity index (χ0n) is 9.03. The van der Waals surface area contributed by atoms with Crippen molar-refractivity contribution >= 4 is 11.8 Å². The van der Waals surface area contributed by atoms with Crippen LogP contribution in [0.2, 0.25) is 0 Å². The van der Waals surface area contributed by atoms with Crippen LogP contribution < -0.4 is 0 Å². The van der Waals surface area contributed by atoms with Crippen LogP contribution in [0.5, 0.6) is 0 Å². The topological polar surface area (TPSA) is 42.3 Å². The zero-order chi connectivity index (χ0) is 10.8. The summed E-state index contributed by atoms with van der Waals surface area (Å²) in [5.74, 6) is 0.921. The number of hydrogen-bond donors (Lipinski definition) is 0. The number of isocyanates is 1. The Labute approximate surface area is 89.3 Å². The number of nitrogens with zero attached hydrogens (tertiary/aromatic N) is 2. The van der Waals surface area contributed by atoms with Gasteiger partial charge in [-0.25, -0.2) is 4.79 Å². The van der Waals surface area contributed by atoms with E-state index < -0.39 is 0 Å². The lowest BCUT2D eigenvalue weighted by atomic mass is 10.0. The van der Waals surface area contributed by atoms with E-state index in [0.29, 0.717) is 17.5 Å². The Hall–Kier alpha value is -1.47. The average Bonchev–Trinajstić information content (AvgIpc) is 3.01. The summed E-state index contributed by atoms with van der Waals surface area (Å²) in [7, 11) is 0. The lowest BCUT2D eigenvalue weighted by Gasteiger charge is -2.08. The zero-order valence-corrected chi connectivity index (χ0v) is 9.03. The lowest BCUT2D eigenvalue weighted by molar-refractivity contribution is 0.565. The van der Waals surface area contributed by atoms with Crippen LogP contribution in [0.1, 0.15) is 49.8 Å². The smallest absolute Gasteiger partial charge is 0.240 e. The van der Waals surface area contributed by atoms with E-state index in [-0.39, 0.29) is 0 Å². The third kappa shape index (κ3) is 2.13. The first kappa shape index (κ1) is 10.1. The summed E-state index contributed by atoms with van der Waals surface area (Å²) in [5.41, 5.74) is 2.79. The average molecular weight is 202 g/mol. The molecule has 3 nitrogen and oxygen atoms in total. The molecule has 78 valence electrons. The van der Waals surface area contributed by atoms with E-state index in [4.69, 9.17) is 0 Å². The van der Waals surface area contributed by atoms with Crippen molar-refractivity contribution in [3.63, 3.8) is 0 Å². The van der Waals surface area contributed by atoms with Gasteiger partial charge in [0.15, 0.2) is 0 Å². The molecular formula is C12H14N2O. The predicted molar refractivity (Wildman–Crippen MR) is 58.1 cm³/mol. The third-order valence-electron chi connectivity index (χ3n) is 2.72. The highest BCUT2D eigenvalue weighted by molar-refractivity contribution is 5.54. The van der Waals surface area contributed by atoms with Gasteiger partial charge in [0.2, 0.25) is 6.08 Å². The second-order valence-electron chi connectivity index (χ2n) is 4.31. The van der Waals surface area contributed by atoms with Gasteiger partial charge in [0.05, 0.1) is 11.4 Å². The van der Waals surface area contributed by atoms with Crippen molar-refractivity contribution in [3.8, 4) is 0 Å². The highest BCUT2D eigenvalue weighted by Gasteiger charge is 2.27. The maximum absolute atomic E-state index is 10.3. The lowest BCUT2D eigenvalue weighted by Crippen LogP contribution is -1.93. The minimum absolute atomic E-state index is 0.409. The van der Waals surface area contributed by atoms with Gasteiger partial charge in [0.1, 0.15) is 0 Å². The van der Waals surface area contributed by atoms with Gasteiger partial charge in [-0.2, -0.15) is 4.99 Å². The molecule has 1 aliphatic rings. The summed E-state index contributed by atoms with van der Waals surface area (Å²) in [6.45, 7) is 4.20. The molecule has 0 saturated heterocycles. The van der Waals surface area contributed by atoms with E-state index in [1.165, 1.54) is 0 Å². The van der Waals surface area contributed by atoms with Gasteiger partial charge in [0, 0.05) is 12.1 Å². The predicted octanol–water partition coefficient (Wildman–Crippen LogP) is 3.05. The Morgan fingerprint density at radius 2 is 2.27 bits per heavy atom. The molecule has 1 heterocycles. The number of aliphatic imine (C=N–C) groups is 1. The molecule has 1 aliphatic carbocycles. The van der Waals surface area contributed by atoms with E-state index in [1.54, 1.807) is 6.08 Å². The molecule has 1 aromatic heterocycles. The van der Waals surface area contributed by atoms with Crippen molar-refractivity contribution in [1.29, 1.82) is 0 Å². The van der Waals surface area contributed by atoms with Crippen molar-refractivity contribution in [2.75, 3.05) is 0 Å². The molecule has 0 radical (unpaired) electrons. The summed E-state index contributed by atoms with van der Waals surface area (Å²) in [5, 5.41) is 0. The van der Waals surface area contributed by atoms with E-state index >= 15 is 0 Å². The van der Waals surface area contributed by atoms with Gasteiger partial charge in [-0.15, -0.1) is 0 Å². The second-order valence-corrected chi connectivity index (χ2v) is 4.31. The summed E-state index contributed by atoms with van der Waals surface area (Å²) in [6.07, 6.45) is 5.82. The number of pyridine rings is 1. The monoisotopic (exact) mass is 202 g/mol. The molecule has 0 aromatic carbocycles. The summed E-state index contributed by atoms with van der Waals surface area (Å²) >= 11 is 0. The first-order chi connectivity index (χ1) is 7.22. The molecule has 0 aliphatic heterocycles. The molecule has 0 N–H and O–H groups in total. The van der Waals surface area contributed by atoms with Crippen LogP contribution in [-0.4, -0.2) is 11.1 Å². The molecule has 0 amide bonds. The van der Waals surface area contributed by atoms with E-state index in [1.807, 2.05) is 12.3 Å². The summed E-state index contributed by atoms with van der Waals surface area (Å²) in [6, 6.07) is 1.95.